The van der Waals surface area contributed by atoms with E-state index in [0.29, 0.717) is 15.7 Å². The van der Waals surface area contributed by atoms with E-state index in [9.17, 15) is 9.59 Å². The van der Waals surface area contributed by atoms with Gasteiger partial charge in [-0.2, -0.15) is 0 Å². The zero-order valence-corrected chi connectivity index (χ0v) is 16.8. The molecule has 138 valence electrons. The lowest BCUT2D eigenvalue weighted by molar-refractivity contribution is -0.118. The number of nitrogens with one attached hydrogen (secondary N) is 2. The number of hydrogen-bond acceptors (Lipinski definition) is 2. The maximum atomic E-state index is 12.7. The molecule has 0 bridgehead atoms. The number of rotatable bonds is 5. The quantitative estimate of drug-likeness (QED) is 0.694. The van der Waals surface area contributed by atoms with Gasteiger partial charge >= 0.3 is 0 Å². The van der Waals surface area contributed by atoms with Gasteiger partial charge in [-0.3, -0.25) is 9.59 Å². The number of amides is 2. The Morgan fingerprint density at radius 3 is 2.31 bits per heavy atom. The van der Waals surface area contributed by atoms with Crippen LogP contribution in [0.15, 0.2) is 36.4 Å². The summed E-state index contributed by atoms with van der Waals surface area (Å²) in [5.74, 6) is -0.906. The van der Waals surface area contributed by atoms with E-state index in [0.717, 1.165) is 5.56 Å². The van der Waals surface area contributed by atoms with Crippen LogP contribution in [0.4, 0.5) is 5.69 Å². The fraction of sp³-hybridized carbons (Fsp3) is 0.263. The Morgan fingerprint density at radius 2 is 1.69 bits per heavy atom. The fourth-order valence-corrected chi connectivity index (χ4v) is 3.05. The molecule has 0 radical (unpaired) electrons. The van der Waals surface area contributed by atoms with E-state index in [1.807, 2.05) is 20.8 Å². The minimum Gasteiger partial charge on any atom is -0.340 e. The SMILES string of the molecule is Cc1c(Cl)cccc1NC(=O)C(NC(=O)c1ccc(Cl)cc1Cl)C(C)C. The van der Waals surface area contributed by atoms with Crippen molar-refractivity contribution in [3.05, 3.63) is 62.6 Å². The van der Waals surface area contributed by atoms with Crippen LogP contribution in [0, 0.1) is 12.8 Å². The van der Waals surface area contributed by atoms with Crippen LogP contribution in [0.1, 0.15) is 29.8 Å². The van der Waals surface area contributed by atoms with Gasteiger partial charge in [-0.25, -0.2) is 0 Å². The Labute approximate surface area is 167 Å². The van der Waals surface area contributed by atoms with E-state index >= 15 is 0 Å². The van der Waals surface area contributed by atoms with E-state index in [4.69, 9.17) is 34.8 Å². The van der Waals surface area contributed by atoms with Gasteiger partial charge in [-0.15, -0.1) is 0 Å². The van der Waals surface area contributed by atoms with E-state index in [2.05, 4.69) is 10.6 Å². The third-order valence-electron chi connectivity index (χ3n) is 3.94. The first-order chi connectivity index (χ1) is 12.2. The van der Waals surface area contributed by atoms with Crippen molar-refractivity contribution < 1.29 is 9.59 Å². The summed E-state index contributed by atoms with van der Waals surface area (Å²) >= 11 is 18.0. The zero-order chi connectivity index (χ0) is 19.4. The van der Waals surface area contributed by atoms with Crippen LogP contribution in [0.2, 0.25) is 15.1 Å². The largest absolute Gasteiger partial charge is 0.340 e. The van der Waals surface area contributed by atoms with Gasteiger partial charge in [0.25, 0.3) is 5.91 Å². The molecule has 0 saturated carbocycles. The van der Waals surface area contributed by atoms with Crippen molar-refractivity contribution in [1.82, 2.24) is 5.32 Å². The molecule has 0 saturated heterocycles. The highest BCUT2D eigenvalue weighted by Crippen LogP contribution is 2.24. The lowest BCUT2D eigenvalue weighted by Gasteiger charge is -2.22. The molecule has 26 heavy (non-hydrogen) atoms. The fourth-order valence-electron chi connectivity index (χ4n) is 2.38. The smallest absolute Gasteiger partial charge is 0.253 e. The monoisotopic (exact) mass is 412 g/mol. The average Bonchev–Trinajstić information content (AvgIpc) is 2.56. The molecular weight excluding hydrogens is 395 g/mol. The summed E-state index contributed by atoms with van der Waals surface area (Å²) < 4.78 is 0. The second kappa shape index (κ2) is 8.76. The number of carbonyl (C=O) groups excluding carboxylic acids is 2. The van der Waals surface area contributed by atoms with Crippen LogP contribution in [-0.2, 0) is 4.79 Å². The van der Waals surface area contributed by atoms with Gasteiger partial charge in [0.2, 0.25) is 5.91 Å². The molecule has 2 amide bonds. The van der Waals surface area contributed by atoms with Gasteiger partial charge in [-0.05, 0) is 48.7 Å². The first kappa shape index (κ1) is 20.6. The number of benzene rings is 2. The maximum absolute atomic E-state index is 12.7. The number of anilines is 1. The molecule has 4 nitrogen and oxygen atoms in total. The van der Waals surface area contributed by atoms with Crippen LogP contribution in [0.5, 0.6) is 0 Å². The molecule has 0 heterocycles. The molecule has 2 aromatic rings. The van der Waals surface area contributed by atoms with Crippen molar-refractivity contribution >= 4 is 52.3 Å². The van der Waals surface area contributed by atoms with Crippen LogP contribution in [-0.4, -0.2) is 17.9 Å². The van der Waals surface area contributed by atoms with Gasteiger partial charge in [0.15, 0.2) is 0 Å². The summed E-state index contributed by atoms with van der Waals surface area (Å²) in [5.41, 5.74) is 1.62. The molecule has 2 rings (SSSR count). The number of carbonyl (C=O) groups is 2. The average molecular weight is 414 g/mol. The molecule has 1 atom stereocenters. The van der Waals surface area contributed by atoms with Crippen molar-refractivity contribution in [3.63, 3.8) is 0 Å². The summed E-state index contributed by atoms with van der Waals surface area (Å²) in [6, 6.07) is 9.09. The molecule has 0 aliphatic carbocycles. The zero-order valence-electron chi connectivity index (χ0n) is 14.6. The van der Waals surface area contributed by atoms with E-state index in [1.54, 1.807) is 24.3 Å². The standard InChI is InChI=1S/C19H19Cl3N2O2/c1-10(2)17(19(26)23-16-6-4-5-14(21)11(16)3)24-18(25)13-8-7-12(20)9-15(13)22/h4-10,17H,1-3H3,(H,23,26)(H,24,25). The highest BCUT2D eigenvalue weighted by molar-refractivity contribution is 6.36. The predicted molar refractivity (Wildman–Crippen MR) is 107 cm³/mol. The van der Waals surface area contributed by atoms with Crippen LogP contribution < -0.4 is 10.6 Å². The van der Waals surface area contributed by atoms with E-state index < -0.39 is 11.9 Å². The molecular formula is C19H19Cl3N2O2. The second-order valence-electron chi connectivity index (χ2n) is 6.22. The molecule has 0 spiro atoms. The Balaban J connectivity index is 2.18. The molecule has 2 aromatic carbocycles. The van der Waals surface area contributed by atoms with E-state index in [-0.39, 0.29) is 22.4 Å². The number of halogens is 3. The minimum atomic E-state index is -0.743. The van der Waals surface area contributed by atoms with Gasteiger partial charge in [0.05, 0.1) is 10.6 Å². The molecule has 0 fully saturated rings. The normalized spacial score (nSPS) is 12.0. The third-order valence-corrected chi connectivity index (χ3v) is 4.89. The van der Waals surface area contributed by atoms with Crippen molar-refractivity contribution in [2.75, 3.05) is 5.32 Å². The van der Waals surface area contributed by atoms with Crippen LogP contribution in [0.3, 0.4) is 0 Å². The topological polar surface area (TPSA) is 58.2 Å². The maximum Gasteiger partial charge on any atom is 0.253 e. The summed E-state index contributed by atoms with van der Waals surface area (Å²) in [7, 11) is 0. The lowest BCUT2D eigenvalue weighted by Crippen LogP contribution is -2.47. The molecule has 7 heteroatoms. The van der Waals surface area contributed by atoms with Crippen LogP contribution in [0.25, 0.3) is 0 Å². The minimum absolute atomic E-state index is 0.135. The van der Waals surface area contributed by atoms with Crippen molar-refractivity contribution in [2.24, 2.45) is 5.92 Å². The highest BCUT2D eigenvalue weighted by Gasteiger charge is 2.26. The summed E-state index contributed by atoms with van der Waals surface area (Å²) in [6.45, 7) is 5.51. The molecule has 0 aromatic heterocycles. The van der Waals surface area contributed by atoms with E-state index in [1.165, 1.54) is 12.1 Å². The lowest BCUT2D eigenvalue weighted by atomic mass is 10.0. The molecule has 0 aliphatic heterocycles. The summed E-state index contributed by atoms with van der Waals surface area (Å²) in [5, 5.41) is 6.77. The summed E-state index contributed by atoms with van der Waals surface area (Å²) in [4.78, 5) is 25.2. The van der Waals surface area contributed by atoms with Gasteiger partial charge in [-0.1, -0.05) is 54.7 Å². The predicted octanol–water partition coefficient (Wildman–Crippen LogP) is 5.35. The first-order valence-electron chi connectivity index (χ1n) is 8.02. The Kier molecular flexibility index (Phi) is 6.93. The van der Waals surface area contributed by atoms with Gasteiger partial charge in [0, 0.05) is 15.7 Å². The molecule has 2 N–H and O–H groups in total. The molecule has 1 unspecified atom stereocenters. The van der Waals surface area contributed by atoms with Crippen molar-refractivity contribution in [2.45, 2.75) is 26.8 Å². The summed E-state index contributed by atoms with van der Waals surface area (Å²) in [6.07, 6.45) is 0. The Bertz CT molecular complexity index is 838. The van der Waals surface area contributed by atoms with Gasteiger partial charge < -0.3 is 10.6 Å². The Hall–Kier alpha value is -1.75. The van der Waals surface area contributed by atoms with Gasteiger partial charge in [0.1, 0.15) is 6.04 Å². The number of hydrogen-bond donors (Lipinski definition) is 2. The first-order valence-corrected chi connectivity index (χ1v) is 9.16. The molecule has 0 aliphatic rings. The van der Waals surface area contributed by atoms with Crippen molar-refractivity contribution in [3.8, 4) is 0 Å². The Morgan fingerprint density at radius 1 is 1.00 bits per heavy atom. The van der Waals surface area contributed by atoms with Crippen LogP contribution >= 0.6 is 34.8 Å². The van der Waals surface area contributed by atoms with Crippen molar-refractivity contribution in [1.29, 1.82) is 0 Å². The third kappa shape index (κ3) is 4.91. The second-order valence-corrected chi connectivity index (χ2v) is 7.47. The highest BCUT2D eigenvalue weighted by atomic mass is 35.5.